The lowest BCUT2D eigenvalue weighted by atomic mass is 10.1. The highest BCUT2D eigenvalue weighted by atomic mass is 19.3. The standard InChI is InChI=1S/C14H15F2N3O/c1-8-9(2)18-13(19-12(8)17-3)10-6-4-5-7-11(10)20-14(15)16/h4-7,14H,1-3H3,(H,17,18,19). The maximum absolute atomic E-state index is 12.4. The zero-order chi connectivity index (χ0) is 14.7. The number of rotatable bonds is 4. The average Bonchev–Trinajstić information content (AvgIpc) is 2.42. The summed E-state index contributed by atoms with van der Waals surface area (Å²) in [7, 11) is 1.75. The Bertz CT molecular complexity index is 617. The molecule has 0 saturated heterocycles. The molecular formula is C14H15F2N3O. The normalized spacial score (nSPS) is 10.7. The number of hydrogen-bond donors (Lipinski definition) is 1. The molecule has 20 heavy (non-hydrogen) atoms. The molecule has 1 N–H and O–H groups in total. The molecule has 2 rings (SSSR count). The van der Waals surface area contributed by atoms with Crippen molar-refractivity contribution in [2.75, 3.05) is 12.4 Å². The van der Waals surface area contributed by atoms with Crippen molar-refractivity contribution in [1.82, 2.24) is 9.97 Å². The van der Waals surface area contributed by atoms with E-state index in [0.717, 1.165) is 11.3 Å². The summed E-state index contributed by atoms with van der Waals surface area (Å²) in [5.74, 6) is 1.08. The minimum absolute atomic E-state index is 0.0628. The van der Waals surface area contributed by atoms with Gasteiger partial charge in [0, 0.05) is 18.3 Å². The van der Waals surface area contributed by atoms with Crippen molar-refractivity contribution in [3.63, 3.8) is 0 Å². The van der Waals surface area contributed by atoms with Gasteiger partial charge in [-0.2, -0.15) is 8.78 Å². The maximum Gasteiger partial charge on any atom is 0.387 e. The summed E-state index contributed by atoms with van der Waals surface area (Å²) in [5.41, 5.74) is 2.14. The van der Waals surface area contributed by atoms with Crippen LogP contribution < -0.4 is 10.1 Å². The van der Waals surface area contributed by atoms with Gasteiger partial charge in [-0.15, -0.1) is 0 Å². The molecule has 0 amide bonds. The third kappa shape index (κ3) is 2.84. The van der Waals surface area contributed by atoms with Crippen molar-refractivity contribution in [2.24, 2.45) is 0 Å². The topological polar surface area (TPSA) is 47.0 Å². The molecule has 1 aromatic carbocycles. The van der Waals surface area contributed by atoms with Crippen molar-refractivity contribution >= 4 is 5.82 Å². The van der Waals surface area contributed by atoms with Crippen molar-refractivity contribution < 1.29 is 13.5 Å². The molecule has 0 saturated carbocycles. The van der Waals surface area contributed by atoms with E-state index in [2.05, 4.69) is 20.0 Å². The summed E-state index contributed by atoms with van der Waals surface area (Å²) in [5, 5.41) is 2.97. The Labute approximate surface area is 115 Å². The number of nitrogens with zero attached hydrogens (tertiary/aromatic N) is 2. The zero-order valence-electron chi connectivity index (χ0n) is 11.4. The molecule has 0 radical (unpaired) electrons. The molecule has 4 nitrogen and oxygen atoms in total. The largest absolute Gasteiger partial charge is 0.434 e. The minimum atomic E-state index is -2.88. The van der Waals surface area contributed by atoms with E-state index in [4.69, 9.17) is 0 Å². The molecule has 106 valence electrons. The average molecular weight is 279 g/mol. The van der Waals surface area contributed by atoms with Crippen LogP contribution in [0, 0.1) is 13.8 Å². The molecular weight excluding hydrogens is 264 g/mol. The number of para-hydroxylation sites is 1. The van der Waals surface area contributed by atoms with Crippen molar-refractivity contribution in [2.45, 2.75) is 20.5 Å². The fraction of sp³-hybridized carbons (Fsp3) is 0.286. The van der Waals surface area contributed by atoms with Crippen LogP contribution in [0.4, 0.5) is 14.6 Å². The smallest absolute Gasteiger partial charge is 0.387 e. The maximum atomic E-state index is 12.4. The van der Waals surface area contributed by atoms with Gasteiger partial charge in [-0.25, -0.2) is 9.97 Å². The molecule has 6 heteroatoms. The lowest BCUT2D eigenvalue weighted by molar-refractivity contribution is -0.0494. The number of hydrogen-bond acceptors (Lipinski definition) is 4. The molecule has 0 bridgehead atoms. The highest BCUT2D eigenvalue weighted by Gasteiger charge is 2.15. The Morgan fingerprint density at radius 1 is 1.15 bits per heavy atom. The summed E-state index contributed by atoms with van der Waals surface area (Å²) in [4.78, 5) is 8.69. The van der Waals surface area contributed by atoms with Gasteiger partial charge in [0.2, 0.25) is 0 Å². The van der Waals surface area contributed by atoms with Crippen LogP contribution in [0.3, 0.4) is 0 Å². The Morgan fingerprint density at radius 3 is 2.50 bits per heavy atom. The summed E-state index contributed by atoms with van der Waals surface area (Å²) in [6.45, 7) is 0.858. The van der Waals surface area contributed by atoms with Gasteiger partial charge in [0.1, 0.15) is 11.6 Å². The lowest BCUT2D eigenvalue weighted by Crippen LogP contribution is -2.06. The first-order chi connectivity index (χ1) is 9.52. The van der Waals surface area contributed by atoms with Gasteiger partial charge < -0.3 is 10.1 Å². The number of nitrogens with one attached hydrogen (secondary N) is 1. The van der Waals surface area contributed by atoms with Crippen LogP contribution in [-0.2, 0) is 0 Å². The van der Waals surface area contributed by atoms with E-state index in [1.165, 1.54) is 6.07 Å². The number of halogens is 2. The summed E-state index contributed by atoms with van der Waals surface area (Å²) in [6, 6.07) is 6.48. The number of anilines is 1. The third-order valence-corrected chi connectivity index (χ3v) is 2.97. The van der Waals surface area contributed by atoms with E-state index in [-0.39, 0.29) is 5.75 Å². The highest BCUT2D eigenvalue weighted by Crippen LogP contribution is 2.30. The Hall–Kier alpha value is -2.24. The Balaban J connectivity index is 2.54. The first-order valence-electron chi connectivity index (χ1n) is 6.10. The molecule has 0 fully saturated rings. The number of benzene rings is 1. The number of aryl methyl sites for hydroxylation is 1. The van der Waals surface area contributed by atoms with Crippen LogP contribution in [0.1, 0.15) is 11.3 Å². The second kappa shape index (κ2) is 5.81. The van der Waals surface area contributed by atoms with Crippen LogP contribution in [0.5, 0.6) is 5.75 Å². The molecule has 0 spiro atoms. The molecule has 1 heterocycles. The van der Waals surface area contributed by atoms with Gasteiger partial charge >= 0.3 is 6.61 Å². The van der Waals surface area contributed by atoms with Crippen LogP contribution in [-0.4, -0.2) is 23.6 Å². The van der Waals surface area contributed by atoms with Crippen molar-refractivity contribution in [1.29, 1.82) is 0 Å². The van der Waals surface area contributed by atoms with Gasteiger partial charge in [0.15, 0.2) is 5.82 Å². The SMILES string of the molecule is CNc1nc(-c2ccccc2OC(F)F)nc(C)c1C. The van der Waals surface area contributed by atoms with E-state index in [9.17, 15) is 8.78 Å². The first-order valence-corrected chi connectivity index (χ1v) is 6.10. The van der Waals surface area contributed by atoms with Crippen LogP contribution in [0.15, 0.2) is 24.3 Å². The monoisotopic (exact) mass is 279 g/mol. The van der Waals surface area contributed by atoms with Crippen LogP contribution in [0.2, 0.25) is 0 Å². The minimum Gasteiger partial charge on any atom is -0.434 e. The second-order valence-corrected chi connectivity index (χ2v) is 4.23. The zero-order valence-corrected chi connectivity index (χ0v) is 11.4. The number of alkyl halides is 2. The molecule has 0 aliphatic heterocycles. The third-order valence-electron chi connectivity index (χ3n) is 2.97. The fourth-order valence-electron chi connectivity index (χ4n) is 1.84. The molecule has 1 aromatic heterocycles. The van der Waals surface area contributed by atoms with E-state index in [1.807, 2.05) is 13.8 Å². The predicted molar refractivity (Wildman–Crippen MR) is 73.1 cm³/mol. The Morgan fingerprint density at radius 2 is 1.85 bits per heavy atom. The quantitative estimate of drug-likeness (QED) is 0.931. The van der Waals surface area contributed by atoms with Gasteiger partial charge in [-0.05, 0) is 26.0 Å². The highest BCUT2D eigenvalue weighted by molar-refractivity contribution is 5.66. The molecule has 2 aromatic rings. The molecule has 0 aliphatic rings. The molecule has 0 atom stereocenters. The summed E-state index contributed by atoms with van der Waals surface area (Å²) < 4.78 is 29.4. The van der Waals surface area contributed by atoms with Gasteiger partial charge in [0.05, 0.1) is 5.56 Å². The van der Waals surface area contributed by atoms with E-state index in [0.29, 0.717) is 17.2 Å². The molecule has 0 unspecified atom stereocenters. The predicted octanol–water partition coefficient (Wildman–Crippen LogP) is 3.40. The summed E-state index contributed by atoms with van der Waals surface area (Å²) >= 11 is 0. The van der Waals surface area contributed by atoms with Crippen molar-refractivity contribution in [3.05, 3.63) is 35.5 Å². The second-order valence-electron chi connectivity index (χ2n) is 4.23. The van der Waals surface area contributed by atoms with Crippen molar-refractivity contribution in [3.8, 4) is 17.1 Å². The van der Waals surface area contributed by atoms with Crippen LogP contribution in [0.25, 0.3) is 11.4 Å². The van der Waals surface area contributed by atoms with Gasteiger partial charge in [-0.1, -0.05) is 12.1 Å². The lowest BCUT2D eigenvalue weighted by Gasteiger charge is -2.12. The number of aromatic nitrogens is 2. The van der Waals surface area contributed by atoms with E-state index < -0.39 is 6.61 Å². The van der Waals surface area contributed by atoms with Crippen LogP contribution >= 0.6 is 0 Å². The number of ether oxygens (including phenoxy) is 1. The van der Waals surface area contributed by atoms with Gasteiger partial charge in [-0.3, -0.25) is 0 Å². The van der Waals surface area contributed by atoms with E-state index in [1.54, 1.807) is 25.2 Å². The first kappa shape index (κ1) is 14.2. The Kier molecular flexibility index (Phi) is 4.12. The van der Waals surface area contributed by atoms with E-state index >= 15 is 0 Å². The summed E-state index contributed by atoms with van der Waals surface area (Å²) in [6.07, 6.45) is 0. The van der Waals surface area contributed by atoms with Gasteiger partial charge in [0.25, 0.3) is 0 Å². The molecule has 0 aliphatic carbocycles. The fourth-order valence-corrected chi connectivity index (χ4v) is 1.84.